The van der Waals surface area contributed by atoms with Gasteiger partial charge in [-0.1, -0.05) is 11.6 Å². The highest BCUT2D eigenvalue weighted by molar-refractivity contribution is 6.30. The van der Waals surface area contributed by atoms with E-state index in [1.807, 2.05) is 0 Å². The number of amides is 1. The Morgan fingerprint density at radius 1 is 1.26 bits per heavy atom. The van der Waals surface area contributed by atoms with Crippen molar-refractivity contribution in [2.24, 2.45) is 5.92 Å². The third-order valence-corrected chi connectivity index (χ3v) is 4.95. The summed E-state index contributed by atoms with van der Waals surface area (Å²) in [4.78, 5) is 25.7. The van der Waals surface area contributed by atoms with Gasteiger partial charge < -0.3 is 14.4 Å². The average Bonchev–Trinajstić information content (AvgIpc) is 2.61. The molecule has 7 heteroatoms. The number of fused-ring (bicyclic) bond motifs is 1. The fourth-order valence-electron chi connectivity index (χ4n) is 3.21. The summed E-state index contributed by atoms with van der Waals surface area (Å²) in [5.41, 5.74) is 0.531. The molecule has 0 spiro atoms. The Morgan fingerprint density at radius 2 is 2.00 bits per heavy atom. The summed E-state index contributed by atoms with van der Waals surface area (Å²) in [7, 11) is 0. The molecule has 27 heavy (non-hydrogen) atoms. The van der Waals surface area contributed by atoms with Crippen molar-refractivity contribution in [2.75, 3.05) is 26.3 Å². The van der Waals surface area contributed by atoms with Crippen LogP contribution in [0.4, 0.5) is 4.39 Å². The van der Waals surface area contributed by atoms with Gasteiger partial charge in [0, 0.05) is 42.1 Å². The molecule has 140 valence electrons. The molecule has 0 saturated carbocycles. The first-order valence-corrected chi connectivity index (χ1v) is 9.02. The molecule has 2 aromatic rings. The molecule has 4 rings (SSSR count). The van der Waals surface area contributed by atoms with E-state index < -0.39 is 5.82 Å². The minimum atomic E-state index is -0.631. The maximum Gasteiger partial charge on any atom is 0.256 e. The molecule has 5 nitrogen and oxygen atoms in total. The highest BCUT2D eigenvalue weighted by atomic mass is 35.5. The molecule has 0 unspecified atom stereocenters. The summed E-state index contributed by atoms with van der Waals surface area (Å²) < 4.78 is 25.2. The maximum absolute atomic E-state index is 14.3. The molecule has 0 atom stereocenters. The zero-order chi connectivity index (χ0) is 19.0. The van der Waals surface area contributed by atoms with E-state index >= 15 is 0 Å². The van der Waals surface area contributed by atoms with E-state index in [1.54, 1.807) is 29.2 Å². The topological polar surface area (TPSA) is 55.8 Å². The second-order valence-electron chi connectivity index (χ2n) is 6.78. The normalized spacial score (nSPS) is 16.4. The second kappa shape index (κ2) is 7.19. The van der Waals surface area contributed by atoms with Crippen LogP contribution in [0.3, 0.4) is 0 Å². The van der Waals surface area contributed by atoms with E-state index in [9.17, 15) is 14.0 Å². The minimum absolute atomic E-state index is 0.0240. The molecular weight excluding hydrogens is 373 g/mol. The van der Waals surface area contributed by atoms with Crippen molar-refractivity contribution in [1.29, 1.82) is 0 Å². The third-order valence-electron chi connectivity index (χ3n) is 4.70. The monoisotopic (exact) mass is 389 g/mol. The van der Waals surface area contributed by atoms with Crippen LogP contribution in [0.2, 0.25) is 5.02 Å². The Kier molecular flexibility index (Phi) is 4.74. The molecule has 0 radical (unpaired) electrons. The van der Waals surface area contributed by atoms with Gasteiger partial charge in [-0.25, -0.2) is 4.39 Å². The van der Waals surface area contributed by atoms with E-state index in [-0.39, 0.29) is 36.2 Å². The van der Waals surface area contributed by atoms with Crippen molar-refractivity contribution in [3.63, 3.8) is 0 Å². The van der Waals surface area contributed by atoms with E-state index in [4.69, 9.17) is 21.1 Å². The number of carbonyl (C=O) groups excluding carboxylic acids is 2. The van der Waals surface area contributed by atoms with Crippen LogP contribution >= 0.6 is 11.6 Å². The lowest BCUT2D eigenvalue weighted by molar-refractivity contribution is -0.121. The highest BCUT2D eigenvalue weighted by Crippen LogP contribution is 2.29. The van der Waals surface area contributed by atoms with Gasteiger partial charge in [0.1, 0.15) is 23.9 Å². The lowest BCUT2D eigenvalue weighted by Gasteiger charge is -2.39. The number of hydrogen-bond acceptors (Lipinski definition) is 4. The van der Waals surface area contributed by atoms with Crippen molar-refractivity contribution in [3.8, 4) is 11.5 Å². The Balaban J connectivity index is 1.35. The first-order valence-electron chi connectivity index (χ1n) is 8.64. The Morgan fingerprint density at radius 3 is 2.74 bits per heavy atom. The maximum atomic E-state index is 14.3. The minimum Gasteiger partial charge on any atom is -0.493 e. The van der Waals surface area contributed by atoms with Crippen LogP contribution < -0.4 is 9.47 Å². The molecule has 2 aliphatic heterocycles. The highest BCUT2D eigenvalue weighted by Gasteiger charge is 2.33. The lowest BCUT2D eigenvalue weighted by Crippen LogP contribution is -2.52. The van der Waals surface area contributed by atoms with Gasteiger partial charge in [-0.15, -0.1) is 0 Å². The summed E-state index contributed by atoms with van der Waals surface area (Å²) in [5, 5.41) is 0.641. The van der Waals surface area contributed by atoms with Crippen LogP contribution in [-0.2, 0) is 11.2 Å². The van der Waals surface area contributed by atoms with Crippen molar-refractivity contribution < 1.29 is 23.5 Å². The number of ether oxygens (including phenoxy) is 2. The molecule has 0 aromatic heterocycles. The predicted octanol–water partition coefficient (Wildman–Crippen LogP) is 3.13. The number of likely N-dealkylation sites (tertiary alicyclic amines) is 1. The van der Waals surface area contributed by atoms with Crippen molar-refractivity contribution >= 4 is 23.3 Å². The number of ketones is 1. The van der Waals surface area contributed by atoms with Gasteiger partial charge >= 0.3 is 0 Å². The van der Waals surface area contributed by atoms with Crippen LogP contribution in [0.1, 0.15) is 15.9 Å². The van der Waals surface area contributed by atoms with E-state index in [1.165, 1.54) is 12.1 Å². The number of benzene rings is 2. The quantitative estimate of drug-likeness (QED) is 0.806. The van der Waals surface area contributed by atoms with Crippen LogP contribution in [0.25, 0.3) is 0 Å². The standard InChI is InChI=1S/C20H17ClFNO4/c21-14-1-3-16(4-2-14)26-10-12-8-23(9-12)20(25)17-6-13-5-15(24)11-27-19(13)7-18(17)22/h1-4,6-7,12H,5,8-11H2. The largest absolute Gasteiger partial charge is 0.493 e. The van der Waals surface area contributed by atoms with Crippen LogP contribution in [0.5, 0.6) is 11.5 Å². The van der Waals surface area contributed by atoms with Gasteiger partial charge in [0.25, 0.3) is 5.91 Å². The molecule has 0 bridgehead atoms. The number of rotatable bonds is 4. The SMILES string of the molecule is O=C1COc2cc(F)c(C(=O)N3CC(COc4ccc(Cl)cc4)C3)cc2C1. The van der Waals surface area contributed by atoms with Gasteiger partial charge in [-0.2, -0.15) is 0 Å². The van der Waals surface area contributed by atoms with E-state index in [0.29, 0.717) is 36.0 Å². The van der Waals surface area contributed by atoms with Crippen LogP contribution in [-0.4, -0.2) is 42.9 Å². The van der Waals surface area contributed by atoms with Gasteiger partial charge in [0.2, 0.25) is 0 Å². The Bertz CT molecular complexity index is 894. The van der Waals surface area contributed by atoms with Crippen molar-refractivity contribution in [3.05, 3.63) is 58.4 Å². The molecule has 0 aliphatic carbocycles. The first-order chi connectivity index (χ1) is 13.0. The van der Waals surface area contributed by atoms with E-state index in [0.717, 1.165) is 5.75 Å². The van der Waals surface area contributed by atoms with Crippen molar-refractivity contribution in [1.82, 2.24) is 4.90 Å². The van der Waals surface area contributed by atoms with Crippen LogP contribution in [0.15, 0.2) is 36.4 Å². The number of Topliss-reactive ketones (excluding diaryl/α,β-unsaturated/α-hetero) is 1. The van der Waals surface area contributed by atoms with E-state index in [2.05, 4.69) is 0 Å². The second-order valence-corrected chi connectivity index (χ2v) is 7.22. The molecule has 2 aliphatic rings. The van der Waals surface area contributed by atoms with Gasteiger partial charge in [0.05, 0.1) is 12.2 Å². The molecule has 1 fully saturated rings. The average molecular weight is 390 g/mol. The van der Waals surface area contributed by atoms with Crippen LogP contribution in [0, 0.1) is 11.7 Å². The summed E-state index contributed by atoms with van der Waals surface area (Å²) in [6.07, 6.45) is 0.160. The zero-order valence-corrected chi connectivity index (χ0v) is 15.2. The molecule has 1 amide bonds. The molecular formula is C20H17ClFNO4. The van der Waals surface area contributed by atoms with Gasteiger partial charge in [-0.3, -0.25) is 9.59 Å². The fraction of sp³-hybridized carbons (Fsp3) is 0.300. The zero-order valence-electron chi connectivity index (χ0n) is 14.4. The lowest BCUT2D eigenvalue weighted by atomic mass is 9.97. The summed E-state index contributed by atoms with van der Waals surface area (Å²) >= 11 is 5.83. The first kappa shape index (κ1) is 17.8. The molecule has 0 N–H and O–H groups in total. The molecule has 2 heterocycles. The molecule has 1 saturated heterocycles. The number of nitrogens with zero attached hydrogens (tertiary/aromatic N) is 1. The smallest absolute Gasteiger partial charge is 0.256 e. The fourth-order valence-corrected chi connectivity index (χ4v) is 3.34. The Labute approximate surface area is 160 Å². The summed E-state index contributed by atoms with van der Waals surface area (Å²) in [5.74, 6) is 0.146. The summed E-state index contributed by atoms with van der Waals surface area (Å²) in [6.45, 7) is 1.42. The number of hydrogen-bond donors (Lipinski definition) is 0. The summed E-state index contributed by atoms with van der Waals surface area (Å²) in [6, 6.07) is 9.70. The Hall–Kier alpha value is -2.60. The number of halogens is 2. The van der Waals surface area contributed by atoms with Gasteiger partial charge in [-0.05, 0) is 30.3 Å². The van der Waals surface area contributed by atoms with Crippen molar-refractivity contribution in [2.45, 2.75) is 6.42 Å². The third kappa shape index (κ3) is 3.76. The predicted molar refractivity (Wildman–Crippen MR) is 96.9 cm³/mol. The van der Waals surface area contributed by atoms with Gasteiger partial charge in [0.15, 0.2) is 5.78 Å². The molecule has 2 aromatic carbocycles. The number of carbonyl (C=O) groups is 2.